The number of nitrogens with zero attached hydrogens (tertiary/aromatic N) is 2. The quantitative estimate of drug-likeness (QED) is 0.819. The molecule has 1 N–H and O–H groups in total. The highest BCUT2D eigenvalue weighted by Crippen LogP contribution is 2.25. The molecule has 0 aliphatic carbocycles. The van der Waals surface area contributed by atoms with Crippen molar-refractivity contribution in [2.45, 2.75) is 57.7 Å². The van der Waals surface area contributed by atoms with Gasteiger partial charge in [-0.2, -0.15) is 0 Å². The van der Waals surface area contributed by atoms with E-state index in [0.717, 1.165) is 26.1 Å². The normalized spacial score (nSPS) is 23.6. The lowest BCUT2D eigenvalue weighted by Gasteiger charge is -2.30. The van der Waals surface area contributed by atoms with E-state index in [2.05, 4.69) is 10.2 Å². The van der Waals surface area contributed by atoms with Crippen molar-refractivity contribution in [2.24, 2.45) is 0 Å². The summed E-state index contributed by atoms with van der Waals surface area (Å²) in [6.45, 7) is 9.06. The molecular formula is C19H28ClN3O3S. The number of thiophene rings is 1. The van der Waals surface area contributed by atoms with E-state index in [9.17, 15) is 9.59 Å². The summed E-state index contributed by atoms with van der Waals surface area (Å²) in [5, 5.41) is 3.06. The molecule has 1 aromatic heterocycles. The molecule has 0 radical (unpaired) electrons. The maximum absolute atomic E-state index is 12.7. The zero-order valence-corrected chi connectivity index (χ0v) is 17.7. The van der Waals surface area contributed by atoms with Gasteiger partial charge in [0, 0.05) is 25.2 Å². The van der Waals surface area contributed by atoms with E-state index < -0.39 is 5.60 Å². The van der Waals surface area contributed by atoms with Crippen LogP contribution in [0.1, 0.15) is 49.7 Å². The molecule has 1 aromatic rings. The Morgan fingerprint density at radius 1 is 1.30 bits per heavy atom. The number of hydrogen-bond acceptors (Lipinski definition) is 5. The van der Waals surface area contributed by atoms with E-state index >= 15 is 0 Å². The van der Waals surface area contributed by atoms with Crippen LogP contribution in [0.3, 0.4) is 0 Å². The average molecular weight is 414 g/mol. The predicted molar refractivity (Wildman–Crippen MR) is 108 cm³/mol. The minimum absolute atomic E-state index is 0.0511. The van der Waals surface area contributed by atoms with E-state index in [0.29, 0.717) is 15.8 Å². The topological polar surface area (TPSA) is 61.9 Å². The highest BCUT2D eigenvalue weighted by molar-refractivity contribution is 7.18. The van der Waals surface area contributed by atoms with Crippen molar-refractivity contribution in [3.63, 3.8) is 0 Å². The van der Waals surface area contributed by atoms with Gasteiger partial charge in [-0.1, -0.05) is 11.6 Å². The van der Waals surface area contributed by atoms with E-state index in [1.165, 1.54) is 24.2 Å². The van der Waals surface area contributed by atoms with Gasteiger partial charge in [0.25, 0.3) is 5.91 Å². The maximum Gasteiger partial charge on any atom is 0.410 e. The lowest BCUT2D eigenvalue weighted by atomic mass is 10.1. The summed E-state index contributed by atoms with van der Waals surface area (Å²) in [7, 11) is 0. The van der Waals surface area contributed by atoms with Gasteiger partial charge in [0.05, 0.1) is 9.21 Å². The van der Waals surface area contributed by atoms with Crippen LogP contribution >= 0.6 is 22.9 Å². The fourth-order valence-corrected chi connectivity index (χ4v) is 4.64. The summed E-state index contributed by atoms with van der Waals surface area (Å²) < 4.78 is 6.19. The monoisotopic (exact) mass is 413 g/mol. The van der Waals surface area contributed by atoms with Gasteiger partial charge < -0.3 is 19.9 Å². The molecule has 0 spiro atoms. The Morgan fingerprint density at radius 2 is 2.00 bits per heavy atom. The second-order valence-corrected chi connectivity index (χ2v) is 10.0. The molecule has 3 rings (SSSR count). The molecule has 0 saturated carbocycles. The number of carbonyl (C=O) groups excluding carboxylic acids is 2. The van der Waals surface area contributed by atoms with Gasteiger partial charge in [-0.15, -0.1) is 11.3 Å². The number of hydrogen-bond donors (Lipinski definition) is 1. The largest absolute Gasteiger partial charge is 0.444 e. The second-order valence-electron chi connectivity index (χ2n) is 8.30. The van der Waals surface area contributed by atoms with Gasteiger partial charge in [0.2, 0.25) is 0 Å². The Morgan fingerprint density at radius 3 is 2.59 bits per heavy atom. The van der Waals surface area contributed by atoms with Crippen molar-refractivity contribution in [3.05, 3.63) is 21.3 Å². The van der Waals surface area contributed by atoms with Gasteiger partial charge in [0.15, 0.2) is 0 Å². The molecule has 2 atom stereocenters. The average Bonchev–Trinajstić information content (AvgIpc) is 3.27. The summed E-state index contributed by atoms with van der Waals surface area (Å²) in [4.78, 5) is 29.9. The van der Waals surface area contributed by atoms with Gasteiger partial charge >= 0.3 is 6.09 Å². The molecule has 8 heteroatoms. The number of halogens is 1. The highest BCUT2D eigenvalue weighted by Gasteiger charge is 2.39. The molecule has 2 saturated heterocycles. The van der Waals surface area contributed by atoms with Crippen molar-refractivity contribution in [1.29, 1.82) is 0 Å². The smallest absolute Gasteiger partial charge is 0.410 e. The molecule has 2 amide bonds. The number of carbonyl (C=O) groups is 2. The zero-order valence-electron chi connectivity index (χ0n) is 16.2. The Kier molecular flexibility index (Phi) is 6.33. The number of rotatable bonds is 4. The third-order valence-corrected chi connectivity index (χ3v) is 6.07. The maximum atomic E-state index is 12.7. The van der Waals surface area contributed by atoms with Crippen LogP contribution in [0.5, 0.6) is 0 Å². The molecule has 150 valence electrons. The second kappa shape index (κ2) is 8.37. The predicted octanol–water partition coefficient (Wildman–Crippen LogP) is 3.61. The molecule has 0 bridgehead atoms. The molecule has 27 heavy (non-hydrogen) atoms. The number of nitrogens with one attached hydrogen (secondary N) is 1. The first-order chi connectivity index (χ1) is 12.7. The van der Waals surface area contributed by atoms with Gasteiger partial charge in [-0.05, 0) is 65.3 Å². The van der Waals surface area contributed by atoms with Crippen LogP contribution in [0.4, 0.5) is 4.79 Å². The first-order valence-corrected chi connectivity index (χ1v) is 10.7. The van der Waals surface area contributed by atoms with Gasteiger partial charge in [-0.3, -0.25) is 4.79 Å². The van der Waals surface area contributed by atoms with Crippen LogP contribution in [0.15, 0.2) is 12.1 Å². The van der Waals surface area contributed by atoms with Crippen LogP contribution in [0, 0.1) is 0 Å². The summed E-state index contributed by atoms with van der Waals surface area (Å²) in [5.74, 6) is -0.136. The summed E-state index contributed by atoms with van der Waals surface area (Å²) in [5.41, 5.74) is -0.537. The van der Waals surface area contributed by atoms with Crippen molar-refractivity contribution in [1.82, 2.24) is 15.1 Å². The van der Waals surface area contributed by atoms with Crippen molar-refractivity contribution in [3.8, 4) is 0 Å². The van der Waals surface area contributed by atoms with Gasteiger partial charge in [-0.25, -0.2) is 4.79 Å². The molecule has 2 fully saturated rings. The summed E-state index contributed by atoms with van der Waals surface area (Å²) >= 11 is 7.19. The molecule has 2 aliphatic heterocycles. The molecule has 6 nitrogen and oxygen atoms in total. The van der Waals surface area contributed by atoms with Crippen molar-refractivity contribution < 1.29 is 14.3 Å². The third kappa shape index (κ3) is 5.59. The Hall–Kier alpha value is -1.31. The number of ether oxygens (including phenoxy) is 1. The Labute approximate surface area is 169 Å². The van der Waals surface area contributed by atoms with E-state index in [-0.39, 0.29) is 24.1 Å². The van der Waals surface area contributed by atoms with Crippen molar-refractivity contribution >= 4 is 34.9 Å². The SMILES string of the molecule is CC(C)(C)OC(=O)N1CC(NC(=O)c2ccc(Cl)s2)CC1CN1CCCC1. The first-order valence-electron chi connectivity index (χ1n) is 9.49. The Balaban J connectivity index is 1.65. The van der Waals surface area contributed by atoms with Crippen LogP contribution < -0.4 is 5.32 Å². The minimum Gasteiger partial charge on any atom is -0.444 e. The molecule has 3 heterocycles. The number of likely N-dealkylation sites (tertiary alicyclic amines) is 2. The highest BCUT2D eigenvalue weighted by atomic mass is 35.5. The van der Waals surface area contributed by atoms with Crippen LogP contribution in [-0.4, -0.2) is 65.7 Å². The molecule has 0 aromatic carbocycles. The Bertz CT molecular complexity index is 682. The lowest BCUT2D eigenvalue weighted by molar-refractivity contribution is 0.0199. The van der Waals surface area contributed by atoms with Crippen molar-refractivity contribution in [2.75, 3.05) is 26.2 Å². The lowest BCUT2D eigenvalue weighted by Crippen LogP contribution is -2.45. The van der Waals surface area contributed by atoms with E-state index in [1.54, 1.807) is 17.0 Å². The van der Waals surface area contributed by atoms with Crippen LogP contribution in [0.25, 0.3) is 0 Å². The van der Waals surface area contributed by atoms with Gasteiger partial charge in [0.1, 0.15) is 5.60 Å². The fraction of sp³-hybridized carbons (Fsp3) is 0.684. The molecule has 2 aliphatic rings. The standard InChI is InChI=1S/C19H28ClN3O3S/c1-19(2,3)26-18(25)23-11-13(10-14(23)12-22-8-4-5-9-22)21-17(24)15-6-7-16(20)27-15/h6-7,13-14H,4-5,8-12H2,1-3H3,(H,21,24). The zero-order chi connectivity index (χ0) is 19.6. The third-order valence-electron chi connectivity index (χ3n) is 4.84. The van der Waals surface area contributed by atoms with Crippen LogP contribution in [-0.2, 0) is 4.74 Å². The van der Waals surface area contributed by atoms with E-state index in [1.807, 2.05) is 20.8 Å². The first kappa shape index (κ1) is 20.4. The fourth-order valence-electron chi connectivity index (χ4n) is 3.69. The van der Waals surface area contributed by atoms with Crippen LogP contribution in [0.2, 0.25) is 4.34 Å². The summed E-state index contributed by atoms with van der Waals surface area (Å²) in [6.07, 6.45) is 2.85. The number of amides is 2. The minimum atomic E-state index is -0.537. The van der Waals surface area contributed by atoms with E-state index in [4.69, 9.17) is 16.3 Å². The molecular weight excluding hydrogens is 386 g/mol. The summed E-state index contributed by atoms with van der Waals surface area (Å²) in [6, 6.07) is 3.41. The molecule has 2 unspecified atom stereocenters.